The number of aromatic nitrogens is 3. The van der Waals surface area contributed by atoms with Crippen LogP contribution in [0.15, 0.2) is 54.7 Å². The Labute approximate surface area is 139 Å². The van der Waals surface area contributed by atoms with Crippen LogP contribution < -0.4 is 9.47 Å². The third-order valence-electron chi connectivity index (χ3n) is 3.64. The molecule has 0 aliphatic carbocycles. The number of benzene rings is 2. The average molecular weight is 323 g/mol. The second kappa shape index (κ2) is 6.95. The first-order chi connectivity index (χ1) is 11.7. The van der Waals surface area contributed by atoms with Gasteiger partial charge in [0.2, 0.25) is 0 Å². The van der Waals surface area contributed by atoms with E-state index in [-0.39, 0.29) is 12.3 Å². The molecule has 0 atom stereocenters. The SMILES string of the molecule is COc1ccc(C(=O)Cn2cc(-c3ccccc3OC)nn2)cc1. The lowest BCUT2D eigenvalue weighted by Crippen LogP contribution is -2.11. The molecular weight excluding hydrogens is 306 g/mol. The predicted molar refractivity (Wildman–Crippen MR) is 89.3 cm³/mol. The van der Waals surface area contributed by atoms with Gasteiger partial charge in [-0.25, -0.2) is 4.68 Å². The van der Waals surface area contributed by atoms with Crippen molar-refractivity contribution in [3.63, 3.8) is 0 Å². The molecule has 2 aromatic carbocycles. The van der Waals surface area contributed by atoms with E-state index in [9.17, 15) is 4.79 Å². The molecule has 0 N–H and O–H groups in total. The molecule has 0 aliphatic heterocycles. The topological polar surface area (TPSA) is 66.2 Å². The number of hydrogen-bond donors (Lipinski definition) is 0. The second-order valence-corrected chi connectivity index (χ2v) is 5.15. The zero-order chi connectivity index (χ0) is 16.9. The number of Topliss-reactive ketones (excluding diaryl/α,β-unsaturated/α-hetero) is 1. The summed E-state index contributed by atoms with van der Waals surface area (Å²) >= 11 is 0. The number of carbonyl (C=O) groups excluding carboxylic acids is 1. The normalized spacial score (nSPS) is 10.4. The number of ether oxygens (including phenoxy) is 2. The van der Waals surface area contributed by atoms with Gasteiger partial charge in [-0.15, -0.1) is 5.10 Å². The molecule has 1 aromatic heterocycles. The van der Waals surface area contributed by atoms with E-state index in [0.29, 0.717) is 22.8 Å². The Balaban J connectivity index is 1.77. The highest BCUT2D eigenvalue weighted by atomic mass is 16.5. The molecule has 0 amide bonds. The minimum atomic E-state index is -0.0471. The van der Waals surface area contributed by atoms with E-state index in [0.717, 1.165) is 5.56 Å². The third-order valence-corrected chi connectivity index (χ3v) is 3.64. The maximum Gasteiger partial charge on any atom is 0.184 e. The Hall–Kier alpha value is -3.15. The van der Waals surface area contributed by atoms with Crippen LogP contribution >= 0.6 is 0 Å². The first kappa shape index (κ1) is 15.7. The number of nitrogens with zero attached hydrogens (tertiary/aromatic N) is 3. The van der Waals surface area contributed by atoms with Crippen LogP contribution in [0.25, 0.3) is 11.3 Å². The highest BCUT2D eigenvalue weighted by Crippen LogP contribution is 2.27. The molecule has 0 bridgehead atoms. The van der Waals surface area contributed by atoms with Crippen LogP contribution in [0.1, 0.15) is 10.4 Å². The fourth-order valence-corrected chi connectivity index (χ4v) is 2.37. The molecule has 0 saturated heterocycles. The highest BCUT2D eigenvalue weighted by molar-refractivity contribution is 5.96. The summed E-state index contributed by atoms with van der Waals surface area (Å²) in [6.45, 7) is 0.120. The van der Waals surface area contributed by atoms with Crippen molar-refractivity contribution in [1.82, 2.24) is 15.0 Å². The Morgan fingerprint density at radius 2 is 1.79 bits per heavy atom. The van der Waals surface area contributed by atoms with E-state index in [1.807, 2.05) is 24.3 Å². The van der Waals surface area contributed by atoms with Crippen molar-refractivity contribution in [3.8, 4) is 22.8 Å². The van der Waals surface area contributed by atoms with E-state index < -0.39 is 0 Å². The number of hydrogen-bond acceptors (Lipinski definition) is 5. The summed E-state index contributed by atoms with van der Waals surface area (Å²) in [4.78, 5) is 12.3. The molecule has 0 spiro atoms. The molecule has 0 radical (unpaired) electrons. The zero-order valence-electron chi connectivity index (χ0n) is 13.5. The minimum Gasteiger partial charge on any atom is -0.497 e. The fourth-order valence-electron chi connectivity index (χ4n) is 2.37. The third kappa shape index (κ3) is 3.27. The zero-order valence-corrected chi connectivity index (χ0v) is 13.5. The van der Waals surface area contributed by atoms with E-state index in [2.05, 4.69) is 10.3 Å². The van der Waals surface area contributed by atoms with Crippen molar-refractivity contribution in [2.75, 3.05) is 14.2 Å². The van der Waals surface area contributed by atoms with Gasteiger partial charge in [-0.3, -0.25) is 4.79 Å². The molecule has 0 unspecified atom stereocenters. The average Bonchev–Trinajstić information content (AvgIpc) is 3.10. The molecule has 24 heavy (non-hydrogen) atoms. The number of ketones is 1. The van der Waals surface area contributed by atoms with Gasteiger partial charge in [-0.2, -0.15) is 0 Å². The van der Waals surface area contributed by atoms with E-state index in [1.165, 1.54) is 4.68 Å². The number of methoxy groups -OCH3 is 2. The second-order valence-electron chi connectivity index (χ2n) is 5.15. The molecule has 6 heteroatoms. The maximum atomic E-state index is 12.3. The van der Waals surface area contributed by atoms with Crippen LogP contribution in [0.5, 0.6) is 11.5 Å². The van der Waals surface area contributed by atoms with Crippen LogP contribution in [-0.4, -0.2) is 35.0 Å². The molecule has 6 nitrogen and oxygen atoms in total. The standard InChI is InChI=1S/C18H17N3O3/c1-23-14-9-7-13(8-10-14)17(22)12-21-11-16(19-20-21)15-5-3-4-6-18(15)24-2/h3-11H,12H2,1-2H3. The summed E-state index contributed by atoms with van der Waals surface area (Å²) in [5.74, 6) is 1.38. The summed E-state index contributed by atoms with van der Waals surface area (Å²) in [6, 6.07) is 14.5. The van der Waals surface area contributed by atoms with Crippen LogP contribution in [0.3, 0.4) is 0 Å². The van der Waals surface area contributed by atoms with Crippen molar-refractivity contribution >= 4 is 5.78 Å². The predicted octanol–water partition coefficient (Wildman–Crippen LogP) is 2.85. The van der Waals surface area contributed by atoms with Gasteiger partial charge < -0.3 is 9.47 Å². The Kier molecular flexibility index (Phi) is 4.56. The van der Waals surface area contributed by atoms with Gasteiger partial charge >= 0.3 is 0 Å². The molecule has 3 aromatic rings. The monoisotopic (exact) mass is 323 g/mol. The Bertz CT molecular complexity index is 841. The summed E-state index contributed by atoms with van der Waals surface area (Å²) in [6.07, 6.45) is 1.74. The van der Waals surface area contributed by atoms with Crippen LogP contribution in [0.4, 0.5) is 0 Å². The smallest absolute Gasteiger partial charge is 0.184 e. The minimum absolute atomic E-state index is 0.0471. The Morgan fingerprint density at radius 1 is 1.04 bits per heavy atom. The van der Waals surface area contributed by atoms with Gasteiger partial charge in [-0.05, 0) is 36.4 Å². The van der Waals surface area contributed by atoms with Crippen molar-refractivity contribution in [2.45, 2.75) is 6.54 Å². The molecule has 1 heterocycles. The van der Waals surface area contributed by atoms with Crippen molar-refractivity contribution in [1.29, 1.82) is 0 Å². The molecular formula is C18H17N3O3. The molecule has 0 fully saturated rings. The summed E-state index contributed by atoms with van der Waals surface area (Å²) in [7, 11) is 3.20. The lowest BCUT2D eigenvalue weighted by atomic mass is 10.1. The van der Waals surface area contributed by atoms with Crippen molar-refractivity contribution < 1.29 is 14.3 Å². The molecule has 0 aliphatic rings. The summed E-state index contributed by atoms with van der Waals surface area (Å²) in [5.41, 5.74) is 2.10. The van der Waals surface area contributed by atoms with Crippen LogP contribution in [0.2, 0.25) is 0 Å². The maximum absolute atomic E-state index is 12.3. The van der Waals surface area contributed by atoms with Gasteiger partial charge in [0.1, 0.15) is 23.7 Å². The number of para-hydroxylation sites is 1. The van der Waals surface area contributed by atoms with Gasteiger partial charge in [0.05, 0.1) is 20.4 Å². The lowest BCUT2D eigenvalue weighted by molar-refractivity contribution is 0.0967. The quantitative estimate of drug-likeness (QED) is 0.653. The van der Waals surface area contributed by atoms with Crippen molar-refractivity contribution in [3.05, 3.63) is 60.3 Å². The van der Waals surface area contributed by atoms with Crippen molar-refractivity contribution in [2.24, 2.45) is 0 Å². The largest absolute Gasteiger partial charge is 0.497 e. The summed E-state index contributed by atoms with van der Waals surface area (Å²) in [5, 5.41) is 8.16. The van der Waals surface area contributed by atoms with Crippen LogP contribution in [0, 0.1) is 0 Å². The molecule has 122 valence electrons. The van der Waals surface area contributed by atoms with Crippen LogP contribution in [-0.2, 0) is 6.54 Å². The first-order valence-corrected chi connectivity index (χ1v) is 7.42. The molecule has 0 saturated carbocycles. The number of carbonyl (C=O) groups is 1. The van der Waals surface area contributed by atoms with Gasteiger partial charge in [0, 0.05) is 11.1 Å². The lowest BCUT2D eigenvalue weighted by Gasteiger charge is -2.04. The highest BCUT2D eigenvalue weighted by Gasteiger charge is 2.12. The van der Waals surface area contributed by atoms with E-state index >= 15 is 0 Å². The van der Waals surface area contributed by atoms with Gasteiger partial charge in [-0.1, -0.05) is 17.3 Å². The Morgan fingerprint density at radius 3 is 2.50 bits per heavy atom. The van der Waals surface area contributed by atoms with E-state index in [1.54, 1.807) is 44.7 Å². The van der Waals surface area contributed by atoms with Gasteiger partial charge in [0.25, 0.3) is 0 Å². The number of rotatable bonds is 6. The first-order valence-electron chi connectivity index (χ1n) is 7.42. The van der Waals surface area contributed by atoms with Gasteiger partial charge in [0.15, 0.2) is 5.78 Å². The fraction of sp³-hybridized carbons (Fsp3) is 0.167. The summed E-state index contributed by atoms with van der Waals surface area (Å²) < 4.78 is 11.9. The molecule has 3 rings (SSSR count). The van der Waals surface area contributed by atoms with E-state index in [4.69, 9.17) is 9.47 Å².